The fourth-order valence-electron chi connectivity index (χ4n) is 2.43. The summed E-state index contributed by atoms with van der Waals surface area (Å²) in [6, 6.07) is 11.6. The van der Waals surface area contributed by atoms with Gasteiger partial charge in [0, 0.05) is 23.4 Å². The molecule has 146 valence electrons. The van der Waals surface area contributed by atoms with E-state index < -0.39 is 24.8 Å². The summed E-state index contributed by atoms with van der Waals surface area (Å²) in [6.07, 6.45) is 1.79. The lowest BCUT2D eigenvalue weighted by molar-refractivity contribution is -0.359. The number of aromatic amines is 1. The number of alkyl halides is 2. The number of nitrogens with two attached hydrogens (primary N) is 1. The second-order valence-corrected chi connectivity index (χ2v) is 6.59. The predicted molar refractivity (Wildman–Crippen MR) is 101 cm³/mol. The van der Waals surface area contributed by atoms with Gasteiger partial charge >= 0.3 is 6.03 Å². The maximum absolute atomic E-state index is 13.0. The van der Waals surface area contributed by atoms with E-state index in [1.165, 1.54) is 13.0 Å². The Hall–Kier alpha value is -3.49. The Morgan fingerprint density at radius 2 is 1.82 bits per heavy atom. The molecule has 3 rings (SSSR count). The highest BCUT2D eigenvalue weighted by molar-refractivity contribution is 5.99. The van der Waals surface area contributed by atoms with Crippen molar-refractivity contribution in [2.24, 2.45) is 0 Å². The molecule has 28 heavy (non-hydrogen) atoms. The molecular weight excluding hydrogens is 368 g/mol. The molecule has 3 aromatic rings. The molecule has 0 radical (unpaired) electrons. The van der Waals surface area contributed by atoms with E-state index in [1.54, 1.807) is 24.4 Å². The van der Waals surface area contributed by atoms with Crippen LogP contribution in [0.3, 0.4) is 0 Å². The van der Waals surface area contributed by atoms with Crippen molar-refractivity contribution >= 4 is 23.4 Å². The number of anilines is 3. The van der Waals surface area contributed by atoms with Gasteiger partial charge in [0.25, 0.3) is 5.82 Å². The molecule has 9 heteroatoms. The minimum Gasteiger partial charge on any atom is -0.358 e. The van der Waals surface area contributed by atoms with Crippen molar-refractivity contribution in [3.8, 4) is 11.1 Å². The molecule has 2 amide bonds. The average molecular weight is 388 g/mol. The van der Waals surface area contributed by atoms with Gasteiger partial charge in [-0.3, -0.25) is 11.1 Å². The van der Waals surface area contributed by atoms with Crippen molar-refractivity contribution < 1.29 is 23.1 Å². The Bertz CT molecular complexity index is 938. The summed E-state index contributed by atoms with van der Waals surface area (Å²) in [7, 11) is 0. The smallest absolute Gasteiger partial charge is 0.324 e. The number of pyridine rings is 1. The third-order valence-electron chi connectivity index (χ3n) is 4.25. The van der Waals surface area contributed by atoms with E-state index in [1.807, 2.05) is 18.2 Å². The Labute approximate surface area is 159 Å². The van der Waals surface area contributed by atoms with Crippen LogP contribution in [0, 0.1) is 0 Å². The van der Waals surface area contributed by atoms with Crippen molar-refractivity contribution in [3.63, 3.8) is 0 Å². The van der Waals surface area contributed by atoms with Crippen molar-refractivity contribution in [1.82, 2.24) is 5.16 Å². The number of carbonyl (C=O) groups is 1. The number of aromatic nitrogens is 2. The Balaban J connectivity index is 1.62. The van der Waals surface area contributed by atoms with Crippen LogP contribution in [0.2, 0.25) is 0 Å². The molecule has 0 aliphatic rings. The minimum atomic E-state index is -1.42. The fraction of sp³-hybridized carbons (Fsp3) is 0.211. The molecule has 2 heterocycles. The first kappa shape index (κ1) is 19.3. The molecule has 0 atom stereocenters. The van der Waals surface area contributed by atoms with Gasteiger partial charge in [0.15, 0.2) is 5.82 Å². The predicted octanol–water partition coefficient (Wildman–Crippen LogP) is 3.58. The first-order valence-corrected chi connectivity index (χ1v) is 8.48. The molecule has 0 fully saturated rings. The van der Waals surface area contributed by atoms with E-state index in [9.17, 15) is 13.6 Å². The van der Waals surface area contributed by atoms with E-state index in [-0.39, 0.29) is 11.6 Å². The van der Waals surface area contributed by atoms with E-state index in [0.29, 0.717) is 11.5 Å². The van der Waals surface area contributed by atoms with Gasteiger partial charge in [0.1, 0.15) is 19.1 Å². The number of nitrogens with zero attached hydrogens (tertiary/aromatic N) is 1. The zero-order valence-corrected chi connectivity index (χ0v) is 15.1. The standard InChI is InChI=1S/C19H19F2N5O2/c1-19(10-20,11-21)15-8-17(26-28-15)25-18(27)24-14-5-2-12(3-6-14)13-4-7-16(22)23-9-13/h2-9H,10-11H2,1H3,(H2,22,23)(H2,24,25,26,27)/p+1. The van der Waals surface area contributed by atoms with Gasteiger partial charge in [-0.2, -0.15) is 0 Å². The molecule has 0 bridgehead atoms. The van der Waals surface area contributed by atoms with Crippen molar-refractivity contribution in [2.75, 3.05) is 29.7 Å². The molecule has 0 aliphatic carbocycles. The zero-order valence-electron chi connectivity index (χ0n) is 15.1. The van der Waals surface area contributed by atoms with Gasteiger partial charge in [0.05, 0.1) is 11.6 Å². The number of benzene rings is 1. The van der Waals surface area contributed by atoms with Crippen LogP contribution in [0.15, 0.2) is 53.2 Å². The fourth-order valence-corrected chi connectivity index (χ4v) is 2.43. The topological polar surface area (TPSA) is 107 Å². The quantitative estimate of drug-likeness (QED) is 0.600. The highest BCUT2D eigenvalue weighted by atomic mass is 19.1. The van der Waals surface area contributed by atoms with Gasteiger partial charge in [-0.1, -0.05) is 17.3 Å². The molecular formula is C19H20F2N5O2+. The summed E-state index contributed by atoms with van der Waals surface area (Å²) in [5.74, 6) is 0.653. The van der Waals surface area contributed by atoms with Crippen LogP contribution < -0.4 is 21.4 Å². The third-order valence-corrected chi connectivity index (χ3v) is 4.25. The van der Waals surface area contributed by atoms with Gasteiger partial charge in [-0.25, -0.2) is 18.6 Å². The highest BCUT2D eigenvalue weighted by Gasteiger charge is 2.32. The normalized spacial score (nSPS) is 11.2. The van der Waals surface area contributed by atoms with E-state index in [0.717, 1.165) is 11.1 Å². The van der Waals surface area contributed by atoms with E-state index >= 15 is 0 Å². The Kier molecular flexibility index (Phi) is 5.53. The number of hydrogen-bond donors (Lipinski definition) is 3. The molecule has 2 aromatic heterocycles. The van der Waals surface area contributed by atoms with E-state index in [4.69, 9.17) is 10.3 Å². The molecule has 0 saturated heterocycles. The van der Waals surface area contributed by atoms with Gasteiger partial charge < -0.3 is 9.84 Å². The number of urea groups is 1. The van der Waals surface area contributed by atoms with Crippen LogP contribution in [-0.2, 0) is 5.41 Å². The lowest BCUT2D eigenvalue weighted by Gasteiger charge is -2.17. The number of hydrogen-bond acceptors (Lipinski definition) is 4. The average Bonchev–Trinajstić information content (AvgIpc) is 3.17. The van der Waals surface area contributed by atoms with E-state index in [2.05, 4.69) is 20.8 Å². The molecule has 0 aliphatic heterocycles. The van der Waals surface area contributed by atoms with Gasteiger partial charge in [-0.05, 0) is 30.7 Å². The SMILES string of the molecule is CC(CF)(CF)c1cc(NC(=O)Nc2ccc(-c3ccc(N)[nH+]c3)cc2)no1. The highest BCUT2D eigenvalue weighted by Crippen LogP contribution is 2.27. The molecule has 0 unspecified atom stereocenters. The largest absolute Gasteiger partial charge is 0.358 e. The third kappa shape index (κ3) is 4.25. The summed E-state index contributed by atoms with van der Waals surface area (Å²) in [5, 5.41) is 8.74. The van der Waals surface area contributed by atoms with Crippen LogP contribution in [0.5, 0.6) is 0 Å². The Morgan fingerprint density at radius 1 is 1.14 bits per heavy atom. The number of rotatable bonds is 6. The number of carbonyl (C=O) groups excluding carboxylic acids is 1. The monoisotopic (exact) mass is 388 g/mol. The number of H-pyrrole nitrogens is 1. The summed E-state index contributed by atoms with van der Waals surface area (Å²) in [4.78, 5) is 15.0. The maximum Gasteiger partial charge on any atom is 0.324 e. The minimum absolute atomic E-state index is 0.0254. The molecule has 0 spiro atoms. The van der Waals surface area contributed by atoms with Crippen LogP contribution in [0.25, 0.3) is 11.1 Å². The number of halogens is 2. The molecule has 5 N–H and O–H groups in total. The van der Waals surface area contributed by atoms with Crippen molar-refractivity contribution in [3.05, 3.63) is 54.4 Å². The number of amides is 2. The van der Waals surface area contributed by atoms with Crippen LogP contribution in [0.1, 0.15) is 12.7 Å². The molecule has 7 nitrogen and oxygen atoms in total. The van der Waals surface area contributed by atoms with Crippen LogP contribution in [-0.4, -0.2) is 24.5 Å². The van der Waals surface area contributed by atoms with Gasteiger partial charge in [-0.15, -0.1) is 0 Å². The lowest BCUT2D eigenvalue weighted by Crippen LogP contribution is -2.26. The van der Waals surface area contributed by atoms with Crippen LogP contribution in [0.4, 0.5) is 30.9 Å². The second-order valence-electron chi connectivity index (χ2n) is 6.59. The van der Waals surface area contributed by atoms with Crippen molar-refractivity contribution in [2.45, 2.75) is 12.3 Å². The number of nitrogens with one attached hydrogen (secondary N) is 3. The van der Waals surface area contributed by atoms with Crippen LogP contribution >= 0.6 is 0 Å². The first-order valence-electron chi connectivity index (χ1n) is 8.48. The summed E-state index contributed by atoms with van der Waals surface area (Å²) in [5.41, 5.74) is 6.66. The van der Waals surface area contributed by atoms with Crippen molar-refractivity contribution in [1.29, 1.82) is 0 Å². The maximum atomic E-state index is 13.0. The zero-order chi connectivity index (χ0) is 20.1. The Morgan fingerprint density at radius 3 is 2.43 bits per heavy atom. The molecule has 0 saturated carbocycles. The second kappa shape index (κ2) is 8.03. The number of nitrogen functional groups attached to an aromatic ring is 1. The lowest BCUT2D eigenvalue weighted by atomic mass is 9.91. The summed E-state index contributed by atoms with van der Waals surface area (Å²) in [6.45, 7) is -0.511. The summed E-state index contributed by atoms with van der Waals surface area (Å²) < 4.78 is 31.0. The van der Waals surface area contributed by atoms with Gasteiger partial charge in [0.2, 0.25) is 0 Å². The summed E-state index contributed by atoms with van der Waals surface area (Å²) >= 11 is 0. The first-order chi connectivity index (χ1) is 13.4. The molecule has 1 aromatic carbocycles.